The van der Waals surface area contributed by atoms with Crippen LogP contribution in [0.2, 0.25) is 0 Å². The Bertz CT molecular complexity index is 392. The Morgan fingerprint density at radius 1 is 1.53 bits per heavy atom. The fourth-order valence-electron chi connectivity index (χ4n) is 1.62. The average molecular weight is 265 g/mol. The molecule has 1 aliphatic rings. The van der Waals surface area contributed by atoms with Crippen molar-refractivity contribution in [2.45, 2.75) is 31.3 Å². The van der Waals surface area contributed by atoms with Crippen LogP contribution in [0.25, 0.3) is 10.4 Å². The summed E-state index contributed by atoms with van der Waals surface area (Å²) in [6, 6.07) is 0. The molecular formula is C8H15N3O5S. The third kappa shape index (κ3) is 4.88. The summed E-state index contributed by atoms with van der Waals surface area (Å²) in [4.78, 5) is 2.61. The van der Waals surface area contributed by atoms with Gasteiger partial charge in [-0.25, -0.2) is 0 Å². The number of azide groups is 1. The van der Waals surface area contributed by atoms with Gasteiger partial charge in [-0.15, -0.1) is 0 Å². The lowest BCUT2D eigenvalue weighted by Crippen LogP contribution is -2.43. The van der Waals surface area contributed by atoms with E-state index in [0.717, 1.165) is 6.26 Å². The minimum absolute atomic E-state index is 0.0105. The summed E-state index contributed by atoms with van der Waals surface area (Å²) in [6.45, 7) is 0.0105. The summed E-state index contributed by atoms with van der Waals surface area (Å²) in [7, 11) is -2.07. The van der Waals surface area contributed by atoms with E-state index in [2.05, 4.69) is 10.0 Å². The van der Waals surface area contributed by atoms with E-state index >= 15 is 0 Å². The maximum atomic E-state index is 11.1. The zero-order chi connectivity index (χ0) is 12.9. The summed E-state index contributed by atoms with van der Waals surface area (Å²) in [5.41, 5.74) is 8.25. The van der Waals surface area contributed by atoms with Gasteiger partial charge in [0.2, 0.25) is 0 Å². The first-order valence-electron chi connectivity index (χ1n) is 5.03. The van der Waals surface area contributed by atoms with Crippen molar-refractivity contribution in [2.24, 2.45) is 5.11 Å². The molecule has 0 amide bonds. The maximum Gasteiger partial charge on any atom is 0.264 e. The molecule has 0 N–H and O–H groups in total. The summed E-state index contributed by atoms with van der Waals surface area (Å²) >= 11 is 0. The van der Waals surface area contributed by atoms with Crippen LogP contribution >= 0.6 is 0 Å². The van der Waals surface area contributed by atoms with Crippen molar-refractivity contribution in [1.29, 1.82) is 0 Å². The van der Waals surface area contributed by atoms with E-state index in [4.69, 9.17) is 19.2 Å². The van der Waals surface area contributed by atoms with Crippen LogP contribution < -0.4 is 0 Å². The van der Waals surface area contributed by atoms with E-state index in [9.17, 15) is 8.42 Å². The highest BCUT2D eigenvalue weighted by atomic mass is 32.2. The highest BCUT2D eigenvalue weighted by Crippen LogP contribution is 2.24. The SMILES string of the molecule is CO[C@H]1CC[C@H](OS(C)(=O)=O)[C@@H](CN=[N+]=[N-])O1. The minimum Gasteiger partial charge on any atom is -0.356 e. The first-order valence-corrected chi connectivity index (χ1v) is 6.85. The molecule has 17 heavy (non-hydrogen) atoms. The molecular weight excluding hydrogens is 250 g/mol. The second kappa shape index (κ2) is 6.18. The standard InChI is InChI=1S/C8H15N3O5S/c1-14-8-4-3-6(16-17(2,12)13)7(15-8)5-10-11-9/h6-8H,3-5H2,1-2H3/t6-,7+,8+/m0/s1. The van der Waals surface area contributed by atoms with Gasteiger partial charge in [-0.2, -0.15) is 8.42 Å². The van der Waals surface area contributed by atoms with Crippen molar-refractivity contribution in [3.05, 3.63) is 10.4 Å². The van der Waals surface area contributed by atoms with E-state index in [0.29, 0.717) is 12.8 Å². The number of hydrogen-bond donors (Lipinski definition) is 0. The zero-order valence-electron chi connectivity index (χ0n) is 9.64. The smallest absolute Gasteiger partial charge is 0.264 e. The second-order valence-electron chi connectivity index (χ2n) is 3.67. The second-order valence-corrected chi connectivity index (χ2v) is 5.27. The highest BCUT2D eigenvalue weighted by Gasteiger charge is 2.33. The van der Waals surface area contributed by atoms with Crippen molar-refractivity contribution in [3.8, 4) is 0 Å². The van der Waals surface area contributed by atoms with E-state index in [1.807, 2.05) is 0 Å². The molecule has 9 heteroatoms. The first kappa shape index (κ1) is 14.2. The van der Waals surface area contributed by atoms with Gasteiger partial charge in [0.05, 0.1) is 18.9 Å². The third-order valence-corrected chi connectivity index (χ3v) is 2.91. The lowest BCUT2D eigenvalue weighted by molar-refractivity contribution is -0.203. The quantitative estimate of drug-likeness (QED) is 0.316. The van der Waals surface area contributed by atoms with Crippen molar-refractivity contribution in [1.82, 2.24) is 0 Å². The largest absolute Gasteiger partial charge is 0.356 e. The first-order chi connectivity index (χ1) is 7.96. The van der Waals surface area contributed by atoms with Gasteiger partial charge in [-0.3, -0.25) is 4.18 Å². The van der Waals surface area contributed by atoms with Gasteiger partial charge in [0.15, 0.2) is 6.29 Å². The van der Waals surface area contributed by atoms with E-state index in [1.54, 1.807) is 0 Å². The van der Waals surface area contributed by atoms with Crippen molar-refractivity contribution in [2.75, 3.05) is 19.9 Å². The highest BCUT2D eigenvalue weighted by molar-refractivity contribution is 7.86. The fourth-order valence-corrected chi connectivity index (χ4v) is 2.29. The van der Waals surface area contributed by atoms with Crippen LogP contribution in [0.15, 0.2) is 5.11 Å². The molecule has 0 saturated carbocycles. The van der Waals surface area contributed by atoms with Crippen LogP contribution in [0.1, 0.15) is 12.8 Å². The molecule has 0 aromatic heterocycles. The number of methoxy groups -OCH3 is 1. The van der Waals surface area contributed by atoms with Crippen molar-refractivity contribution < 1.29 is 22.1 Å². The van der Waals surface area contributed by atoms with Crippen molar-refractivity contribution in [3.63, 3.8) is 0 Å². The van der Waals surface area contributed by atoms with Crippen LogP contribution in [0.3, 0.4) is 0 Å². The molecule has 0 aromatic carbocycles. The molecule has 8 nitrogen and oxygen atoms in total. The molecule has 0 unspecified atom stereocenters. The van der Waals surface area contributed by atoms with Crippen LogP contribution in [0.4, 0.5) is 0 Å². The average Bonchev–Trinajstić information content (AvgIpc) is 2.26. The molecule has 1 rings (SSSR count). The van der Waals surface area contributed by atoms with Crippen LogP contribution in [-0.4, -0.2) is 46.8 Å². The molecule has 1 aliphatic heterocycles. The number of hydrogen-bond acceptors (Lipinski definition) is 6. The van der Waals surface area contributed by atoms with Gasteiger partial charge in [-0.1, -0.05) is 5.11 Å². The van der Waals surface area contributed by atoms with E-state index in [1.165, 1.54) is 7.11 Å². The predicted molar refractivity (Wildman–Crippen MR) is 58.6 cm³/mol. The Morgan fingerprint density at radius 2 is 2.24 bits per heavy atom. The summed E-state index contributed by atoms with van der Waals surface area (Å²) in [5.74, 6) is 0. The van der Waals surface area contributed by atoms with Gasteiger partial charge in [0.25, 0.3) is 10.1 Å². The van der Waals surface area contributed by atoms with Gasteiger partial charge in [0.1, 0.15) is 6.10 Å². The summed E-state index contributed by atoms with van der Waals surface area (Å²) in [6.07, 6.45) is 0.301. The Morgan fingerprint density at radius 3 is 2.76 bits per heavy atom. The molecule has 0 spiro atoms. The maximum absolute atomic E-state index is 11.1. The molecule has 1 heterocycles. The molecule has 0 aromatic rings. The molecule has 1 fully saturated rings. The van der Waals surface area contributed by atoms with Gasteiger partial charge >= 0.3 is 0 Å². The minimum atomic E-state index is -3.56. The van der Waals surface area contributed by atoms with Crippen LogP contribution in [0.5, 0.6) is 0 Å². The molecule has 1 saturated heterocycles. The Hall–Kier alpha value is -0.860. The summed E-state index contributed by atoms with van der Waals surface area (Å²) < 4.78 is 37.4. The zero-order valence-corrected chi connectivity index (χ0v) is 10.5. The van der Waals surface area contributed by atoms with Crippen LogP contribution in [-0.2, 0) is 23.8 Å². The monoisotopic (exact) mass is 265 g/mol. The molecule has 0 bridgehead atoms. The number of ether oxygens (including phenoxy) is 2. The Kier molecular flexibility index (Phi) is 5.16. The predicted octanol–water partition coefficient (Wildman–Crippen LogP) is 0.793. The van der Waals surface area contributed by atoms with E-state index < -0.39 is 28.6 Å². The van der Waals surface area contributed by atoms with Gasteiger partial charge in [0, 0.05) is 18.4 Å². The Labute approximate surface area is 99.6 Å². The Balaban J connectivity index is 2.69. The number of rotatable bonds is 5. The molecule has 98 valence electrons. The molecule has 3 atom stereocenters. The topological polar surface area (TPSA) is 111 Å². The normalized spacial score (nSPS) is 29.6. The molecule has 0 aliphatic carbocycles. The summed E-state index contributed by atoms with van der Waals surface area (Å²) in [5, 5.41) is 3.37. The number of nitrogens with zero attached hydrogens (tertiary/aromatic N) is 3. The lowest BCUT2D eigenvalue weighted by Gasteiger charge is -2.34. The van der Waals surface area contributed by atoms with Crippen LogP contribution in [0, 0.1) is 0 Å². The lowest BCUT2D eigenvalue weighted by atomic mass is 10.1. The molecule has 0 radical (unpaired) electrons. The van der Waals surface area contributed by atoms with E-state index in [-0.39, 0.29) is 6.54 Å². The van der Waals surface area contributed by atoms with Gasteiger partial charge in [-0.05, 0) is 12.0 Å². The van der Waals surface area contributed by atoms with Gasteiger partial charge < -0.3 is 9.47 Å². The third-order valence-electron chi connectivity index (χ3n) is 2.31. The fraction of sp³-hybridized carbons (Fsp3) is 1.00. The van der Waals surface area contributed by atoms with Crippen molar-refractivity contribution >= 4 is 10.1 Å².